The van der Waals surface area contributed by atoms with Gasteiger partial charge in [0.1, 0.15) is 0 Å². The Hall–Kier alpha value is -0.610. The molecule has 1 saturated heterocycles. The third kappa shape index (κ3) is 4.74. The van der Waals surface area contributed by atoms with Crippen LogP contribution in [0, 0.1) is 5.92 Å². The summed E-state index contributed by atoms with van der Waals surface area (Å²) in [6.45, 7) is 8.52. The molecular weight excluding hydrogens is 250 g/mol. The quantitative estimate of drug-likeness (QED) is 0.660. The average molecular weight is 283 g/mol. The molecule has 4 nitrogen and oxygen atoms in total. The van der Waals surface area contributed by atoms with E-state index < -0.39 is 0 Å². The zero-order valence-electron chi connectivity index (χ0n) is 14.0. The Labute approximate surface area is 124 Å². The molecule has 1 amide bonds. The second-order valence-electron chi connectivity index (χ2n) is 6.38. The largest absolute Gasteiger partial charge is 0.326 e. The summed E-state index contributed by atoms with van der Waals surface area (Å²) < 4.78 is 0. The summed E-state index contributed by atoms with van der Waals surface area (Å²) in [6, 6.07) is 0.0328. The fourth-order valence-electron chi connectivity index (χ4n) is 2.83. The molecule has 118 valence electrons. The van der Waals surface area contributed by atoms with Gasteiger partial charge in [-0.15, -0.1) is 0 Å². The highest BCUT2D eigenvalue weighted by Crippen LogP contribution is 2.22. The van der Waals surface area contributed by atoms with Crippen LogP contribution in [0.4, 0.5) is 0 Å². The molecule has 1 heterocycles. The fraction of sp³-hybridized carbons (Fsp3) is 0.938. The lowest BCUT2D eigenvalue weighted by molar-refractivity contribution is -0.131. The summed E-state index contributed by atoms with van der Waals surface area (Å²) in [5.74, 6) is 0.747. The van der Waals surface area contributed by atoms with Crippen molar-refractivity contribution in [3.8, 4) is 0 Å². The molecule has 0 spiro atoms. The predicted molar refractivity (Wildman–Crippen MR) is 84.6 cm³/mol. The van der Waals surface area contributed by atoms with Gasteiger partial charge in [0, 0.05) is 6.54 Å². The summed E-state index contributed by atoms with van der Waals surface area (Å²) in [7, 11) is 4.20. The maximum atomic E-state index is 12.6. The van der Waals surface area contributed by atoms with Gasteiger partial charge < -0.3 is 9.80 Å². The summed E-state index contributed by atoms with van der Waals surface area (Å²) in [4.78, 5) is 16.9. The number of hydrogen-bond donors (Lipinski definition) is 1. The van der Waals surface area contributed by atoms with E-state index in [9.17, 15) is 4.79 Å². The number of carbonyl (C=O) groups excluding carboxylic acids is 1. The highest BCUT2D eigenvalue weighted by molar-refractivity contribution is 5.84. The van der Waals surface area contributed by atoms with Gasteiger partial charge in [-0.1, -0.05) is 33.6 Å². The Morgan fingerprint density at radius 1 is 1.30 bits per heavy atom. The van der Waals surface area contributed by atoms with Crippen LogP contribution in [-0.4, -0.2) is 55.1 Å². The minimum absolute atomic E-state index is 0.0328. The van der Waals surface area contributed by atoms with Crippen molar-refractivity contribution in [2.45, 2.75) is 65.1 Å². The number of carbonyl (C=O) groups is 1. The Bertz CT molecular complexity index is 293. The molecule has 0 aromatic rings. The zero-order chi connectivity index (χ0) is 15.1. The Balaban J connectivity index is 2.53. The summed E-state index contributed by atoms with van der Waals surface area (Å²) >= 11 is 0. The average Bonchev–Trinajstić information content (AvgIpc) is 2.71. The van der Waals surface area contributed by atoms with E-state index in [1.54, 1.807) is 0 Å². The molecule has 1 aliphatic rings. The lowest BCUT2D eigenvalue weighted by Gasteiger charge is -2.24. The Morgan fingerprint density at radius 3 is 2.55 bits per heavy atom. The fourth-order valence-corrected chi connectivity index (χ4v) is 2.83. The highest BCUT2D eigenvalue weighted by atomic mass is 16.2. The maximum absolute atomic E-state index is 12.6. The van der Waals surface area contributed by atoms with Crippen LogP contribution in [0.15, 0.2) is 0 Å². The van der Waals surface area contributed by atoms with E-state index in [1.165, 1.54) is 0 Å². The van der Waals surface area contributed by atoms with Crippen LogP contribution in [0.2, 0.25) is 0 Å². The van der Waals surface area contributed by atoms with Crippen LogP contribution in [0.1, 0.15) is 52.9 Å². The van der Waals surface area contributed by atoms with Crippen molar-refractivity contribution < 1.29 is 4.79 Å². The summed E-state index contributed by atoms with van der Waals surface area (Å²) in [5, 5.41) is 3.56. The number of nitrogens with one attached hydrogen (secondary N) is 1. The third-order valence-corrected chi connectivity index (χ3v) is 4.33. The van der Waals surface area contributed by atoms with Gasteiger partial charge in [-0.2, -0.15) is 0 Å². The SMILES string of the molecule is CCCC1NC(C(C)CC)C(=O)N1CCCCN(C)C. The summed E-state index contributed by atoms with van der Waals surface area (Å²) in [5.41, 5.74) is 0. The topological polar surface area (TPSA) is 35.6 Å². The van der Waals surface area contributed by atoms with Gasteiger partial charge in [0.2, 0.25) is 5.91 Å². The smallest absolute Gasteiger partial charge is 0.241 e. The first-order valence-electron chi connectivity index (χ1n) is 8.22. The molecule has 0 saturated carbocycles. The molecule has 0 bridgehead atoms. The first-order chi connectivity index (χ1) is 9.51. The van der Waals surface area contributed by atoms with E-state index in [-0.39, 0.29) is 12.2 Å². The molecule has 20 heavy (non-hydrogen) atoms. The van der Waals surface area contributed by atoms with Crippen molar-refractivity contribution >= 4 is 5.91 Å². The molecule has 0 aromatic carbocycles. The van der Waals surface area contributed by atoms with E-state index in [1.807, 2.05) is 0 Å². The molecule has 3 atom stereocenters. The molecule has 0 radical (unpaired) electrons. The van der Waals surface area contributed by atoms with Gasteiger partial charge in [-0.05, 0) is 45.8 Å². The second-order valence-corrected chi connectivity index (χ2v) is 6.38. The van der Waals surface area contributed by atoms with Crippen LogP contribution in [0.5, 0.6) is 0 Å². The minimum Gasteiger partial charge on any atom is -0.326 e. The van der Waals surface area contributed by atoms with Gasteiger partial charge in [0.15, 0.2) is 0 Å². The molecule has 1 aliphatic heterocycles. The van der Waals surface area contributed by atoms with Gasteiger partial charge >= 0.3 is 0 Å². The van der Waals surface area contributed by atoms with Gasteiger partial charge in [0.25, 0.3) is 0 Å². The van der Waals surface area contributed by atoms with Gasteiger partial charge in [0.05, 0.1) is 12.2 Å². The van der Waals surface area contributed by atoms with Crippen molar-refractivity contribution in [2.24, 2.45) is 5.92 Å². The molecule has 0 aliphatic carbocycles. The molecule has 1 rings (SSSR count). The maximum Gasteiger partial charge on any atom is 0.241 e. The highest BCUT2D eigenvalue weighted by Gasteiger charge is 2.39. The molecule has 0 aromatic heterocycles. The minimum atomic E-state index is 0.0328. The Morgan fingerprint density at radius 2 is 2.00 bits per heavy atom. The van der Waals surface area contributed by atoms with E-state index in [2.05, 4.69) is 50.0 Å². The van der Waals surface area contributed by atoms with E-state index >= 15 is 0 Å². The normalized spacial score (nSPS) is 24.7. The monoisotopic (exact) mass is 283 g/mol. The van der Waals surface area contributed by atoms with Crippen molar-refractivity contribution in [3.05, 3.63) is 0 Å². The Kier molecular flexibility index (Phi) is 7.52. The molecule has 1 fully saturated rings. The van der Waals surface area contributed by atoms with Crippen molar-refractivity contribution in [3.63, 3.8) is 0 Å². The lowest BCUT2D eigenvalue weighted by atomic mass is 9.99. The lowest BCUT2D eigenvalue weighted by Crippen LogP contribution is -2.38. The number of hydrogen-bond acceptors (Lipinski definition) is 3. The van der Waals surface area contributed by atoms with Crippen molar-refractivity contribution in [1.29, 1.82) is 0 Å². The van der Waals surface area contributed by atoms with E-state index in [4.69, 9.17) is 0 Å². The first kappa shape index (κ1) is 17.4. The van der Waals surface area contributed by atoms with Crippen molar-refractivity contribution in [2.75, 3.05) is 27.2 Å². The van der Waals surface area contributed by atoms with Gasteiger partial charge in [-0.25, -0.2) is 0 Å². The standard InChI is InChI=1S/C16H33N3O/c1-6-10-14-17-15(13(3)7-2)16(20)19(14)12-9-8-11-18(4)5/h13-15,17H,6-12H2,1-5H3. The number of nitrogens with zero attached hydrogens (tertiary/aromatic N) is 2. The van der Waals surface area contributed by atoms with Crippen molar-refractivity contribution in [1.82, 2.24) is 15.1 Å². The molecule has 3 unspecified atom stereocenters. The van der Waals surface area contributed by atoms with Crippen LogP contribution in [0.25, 0.3) is 0 Å². The van der Waals surface area contributed by atoms with E-state index in [0.717, 1.165) is 45.2 Å². The zero-order valence-corrected chi connectivity index (χ0v) is 14.0. The summed E-state index contributed by atoms with van der Waals surface area (Å²) in [6.07, 6.45) is 5.74. The van der Waals surface area contributed by atoms with Crippen LogP contribution >= 0.6 is 0 Å². The number of amides is 1. The molecule has 4 heteroatoms. The van der Waals surface area contributed by atoms with E-state index in [0.29, 0.717) is 11.8 Å². The first-order valence-corrected chi connectivity index (χ1v) is 8.22. The second kappa shape index (κ2) is 8.63. The van der Waals surface area contributed by atoms with Crippen LogP contribution in [-0.2, 0) is 4.79 Å². The number of unbranched alkanes of at least 4 members (excludes halogenated alkanes) is 1. The molecule has 1 N–H and O–H groups in total. The van der Waals surface area contributed by atoms with Crippen LogP contribution in [0.3, 0.4) is 0 Å². The van der Waals surface area contributed by atoms with Gasteiger partial charge in [-0.3, -0.25) is 10.1 Å². The predicted octanol–water partition coefficient (Wildman–Crippen LogP) is 2.30. The molecular formula is C16H33N3O. The third-order valence-electron chi connectivity index (χ3n) is 4.33. The van der Waals surface area contributed by atoms with Crippen LogP contribution < -0.4 is 5.32 Å². The number of rotatable bonds is 9.